The number of hydrogen-bond donors (Lipinski definition) is 1. The quantitative estimate of drug-likeness (QED) is 0.511. The molecule has 0 aromatic heterocycles. The molecule has 0 aromatic carbocycles. The second-order valence-corrected chi connectivity index (χ2v) is 1.94. The van der Waals surface area contributed by atoms with Gasteiger partial charge in [0.05, 0.1) is 5.54 Å². The highest BCUT2D eigenvalue weighted by Gasteiger charge is 2.04. The van der Waals surface area contributed by atoms with Crippen molar-refractivity contribution in [3.05, 3.63) is 0 Å². The van der Waals surface area contributed by atoms with Gasteiger partial charge in [0.25, 0.3) is 0 Å². The Labute approximate surface area is 49.5 Å². The summed E-state index contributed by atoms with van der Waals surface area (Å²) in [7, 11) is 0. The van der Waals surface area contributed by atoms with Gasteiger partial charge in [-0.25, -0.2) is 0 Å². The Balaban J connectivity index is 0. The lowest BCUT2D eigenvalue weighted by atomic mass is 10.1. The molecular weight excluding hydrogens is 114 g/mol. The molecule has 7 heavy (non-hydrogen) atoms. The molecule has 0 aliphatic carbocycles. The average Bonchev–Trinajstić information content (AvgIpc) is 1.35. The average molecular weight is 124 g/mol. The first-order chi connectivity index (χ1) is 2.56. The Morgan fingerprint density at radius 3 is 1.71 bits per heavy atom. The van der Waals surface area contributed by atoms with Crippen molar-refractivity contribution in [3.63, 3.8) is 0 Å². The molecule has 44 valence electrons. The molecule has 0 unspecified atom stereocenters. The molecule has 2 nitrogen and oxygen atoms in total. The van der Waals surface area contributed by atoms with E-state index in [0.717, 1.165) is 0 Å². The second-order valence-electron chi connectivity index (χ2n) is 1.94. The van der Waals surface area contributed by atoms with Gasteiger partial charge in [-0.3, -0.25) is 0 Å². The van der Waals surface area contributed by atoms with E-state index in [4.69, 9.17) is 5.73 Å². The van der Waals surface area contributed by atoms with Gasteiger partial charge in [0, 0.05) is 0 Å². The largest absolute Gasteiger partial charge is 0.320 e. The Kier molecular flexibility index (Phi) is 4.28. The maximum atomic E-state index is 9.70. The van der Waals surface area contributed by atoms with E-state index in [2.05, 4.69) is 0 Å². The predicted octanol–water partition coefficient (Wildman–Crippen LogP) is 0.344. The van der Waals surface area contributed by atoms with Gasteiger partial charge in [-0.1, -0.05) is 0 Å². The van der Waals surface area contributed by atoms with Crippen molar-refractivity contribution in [1.29, 1.82) is 0 Å². The maximum Gasteiger partial charge on any atom is 0.139 e. The third kappa shape index (κ3) is 10.7. The van der Waals surface area contributed by atoms with Crippen LogP contribution < -0.4 is 5.73 Å². The molecule has 0 amide bonds. The SMILES string of the molecule is CC(C)(N)C=O.Cl. The van der Waals surface area contributed by atoms with Crippen molar-refractivity contribution < 1.29 is 4.79 Å². The molecule has 0 heterocycles. The van der Waals surface area contributed by atoms with Crippen LogP contribution in [0.5, 0.6) is 0 Å². The van der Waals surface area contributed by atoms with E-state index in [1.165, 1.54) is 0 Å². The minimum Gasteiger partial charge on any atom is -0.320 e. The van der Waals surface area contributed by atoms with Crippen molar-refractivity contribution in [3.8, 4) is 0 Å². The standard InChI is InChI=1S/C4H9NO.ClH/c1-4(2,5)3-6;/h3H,5H2,1-2H3;1H. The summed E-state index contributed by atoms with van der Waals surface area (Å²) in [4.78, 5) is 9.70. The lowest BCUT2D eigenvalue weighted by Crippen LogP contribution is -2.33. The normalized spacial score (nSPS) is 9.57. The topological polar surface area (TPSA) is 43.1 Å². The van der Waals surface area contributed by atoms with Gasteiger partial charge in [0.2, 0.25) is 0 Å². The molecule has 0 radical (unpaired) electrons. The minimum absolute atomic E-state index is 0. The van der Waals surface area contributed by atoms with Crippen molar-refractivity contribution in [1.82, 2.24) is 0 Å². The summed E-state index contributed by atoms with van der Waals surface area (Å²) in [6.45, 7) is 3.31. The molecule has 0 atom stereocenters. The number of carbonyl (C=O) groups is 1. The summed E-state index contributed by atoms with van der Waals surface area (Å²) in [5.41, 5.74) is 4.53. The first-order valence-corrected chi connectivity index (χ1v) is 1.81. The van der Waals surface area contributed by atoms with Crippen LogP contribution in [0.4, 0.5) is 0 Å². The molecule has 0 saturated heterocycles. The molecule has 0 bridgehead atoms. The summed E-state index contributed by atoms with van der Waals surface area (Å²) in [5, 5.41) is 0. The molecule has 0 aliphatic rings. The van der Waals surface area contributed by atoms with Crippen LogP contribution in [-0.4, -0.2) is 11.8 Å². The number of hydrogen-bond acceptors (Lipinski definition) is 2. The minimum atomic E-state index is -0.639. The second kappa shape index (κ2) is 2.99. The smallest absolute Gasteiger partial charge is 0.139 e. The van der Waals surface area contributed by atoms with Crippen LogP contribution in [0.25, 0.3) is 0 Å². The highest BCUT2D eigenvalue weighted by Crippen LogP contribution is 1.85. The first kappa shape index (κ1) is 10.0. The monoisotopic (exact) mass is 123 g/mol. The van der Waals surface area contributed by atoms with Gasteiger partial charge in [-0.05, 0) is 13.8 Å². The lowest BCUT2D eigenvalue weighted by molar-refractivity contribution is -0.111. The number of aldehydes is 1. The Hall–Kier alpha value is -0.0800. The molecule has 0 aliphatic heterocycles. The Morgan fingerprint density at radius 2 is 1.71 bits per heavy atom. The summed E-state index contributed by atoms with van der Waals surface area (Å²) in [5.74, 6) is 0. The summed E-state index contributed by atoms with van der Waals surface area (Å²) < 4.78 is 0. The molecular formula is C4H10ClNO. The molecule has 0 spiro atoms. The molecule has 0 fully saturated rings. The van der Waals surface area contributed by atoms with Crippen LogP contribution >= 0.6 is 12.4 Å². The van der Waals surface area contributed by atoms with Crippen molar-refractivity contribution in [2.24, 2.45) is 5.73 Å². The van der Waals surface area contributed by atoms with Gasteiger partial charge in [0.15, 0.2) is 0 Å². The van der Waals surface area contributed by atoms with E-state index in [0.29, 0.717) is 6.29 Å². The number of rotatable bonds is 1. The van der Waals surface area contributed by atoms with E-state index >= 15 is 0 Å². The summed E-state index contributed by atoms with van der Waals surface area (Å²) in [6, 6.07) is 0. The molecule has 3 heteroatoms. The van der Waals surface area contributed by atoms with E-state index in [9.17, 15) is 4.79 Å². The molecule has 2 N–H and O–H groups in total. The van der Waals surface area contributed by atoms with Gasteiger partial charge in [-0.2, -0.15) is 0 Å². The van der Waals surface area contributed by atoms with E-state index in [1.807, 2.05) is 0 Å². The van der Waals surface area contributed by atoms with Gasteiger partial charge >= 0.3 is 0 Å². The number of halogens is 1. The van der Waals surface area contributed by atoms with Crippen LogP contribution in [0, 0.1) is 0 Å². The Morgan fingerprint density at radius 1 is 1.57 bits per heavy atom. The van der Waals surface area contributed by atoms with E-state index in [1.54, 1.807) is 13.8 Å². The Bertz CT molecular complexity index is 57.2. The molecule has 0 rings (SSSR count). The predicted molar refractivity (Wildman–Crippen MR) is 31.6 cm³/mol. The van der Waals surface area contributed by atoms with Crippen molar-refractivity contribution >= 4 is 18.7 Å². The summed E-state index contributed by atoms with van der Waals surface area (Å²) >= 11 is 0. The van der Waals surface area contributed by atoms with Crippen LogP contribution in [0.15, 0.2) is 0 Å². The zero-order chi connectivity index (χ0) is 5.21. The number of nitrogens with two attached hydrogens (primary N) is 1. The lowest BCUT2D eigenvalue weighted by Gasteiger charge is -2.04. The fraction of sp³-hybridized carbons (Fsp3) is 0.750. The van der Waals surface area contributed by atoms with Crippen LogP contribution in [0.2, 0.25) is 0 Å². The van der Waals surface area contributed by atoms with Gasteiger partial charge in [-0.15, -0.1) is 12.4 Å². The fourth-order valence-electron chi connectivity index (χ4n) is 0. The third-order valence-electron chi connectivity index (χ3n) is 0.304. The van der Waals surface area contributed by atoms with E-state index in [-0.39, 0.29) is 12.4 Å². The van der Waals surface area contributed by atoms with Gasteiger partial charge < -0.3 is 10.5 Å². The van der Waals surface area contributed by atoms with Crippen molar-refractivity contribution in [2.75, 3.05) is 0 Å². The third-order valence-corrected chi connectivity index (χ3v) is 0.304. The fourth-order valence-corrected chi connectivity index (χ4v) is 0. The maximum absolute atomic E-state index is 9.70. The van der Waals surface area contributed by atoms with Crippen LogP contribution in [0.1, 0.15) is 13.8 Å². The zero-order valence-corrected chi connectivity index (χ0v) is 5.29. The summed E-state index contributed by atoms with van der Waals surface area (Å²) in [6.07, 6.45) is 0.715. The van der Waals surface area contributed by atoms with Gasteiger partial charge in [0.1, 0.15) is 6.29 Å². The van der Waals surface area contributed by atoms with Crippen molar-refractivity contribution in [2.45, 2.75) is 19.4 Å². The number of carbonyl (C=O) groups excluding carboxylic acids is 1. The van der Waals surface area contributed by atoms with E-state index < -0.39 is 5.54 Å². The van der Waals surface area contributed by atoms with Crippen LogP contribution in [0.3, 0.4) is 0 Å². The highest BCUT2D eigenvalue weighted by atomic mass is 35.5. The molecule has 0 saturated carbocycles. The molecule has 0 aromatic rings. The first-order valence-electron chi connectivity index (χ1n) is 1.81. The highest BCUT2D eigenvalue weighted by molar-refractivity contribution is 5.85. The van der Waals surface area contributed by atoms with Crippen LogP contribution in [-0.2, 0) is 4.79 Å². The zero-order valence-electron chi connectivity index (χ0n) is 4.47.